The summed E-state index contributed by atoms with van der Waals surface area (Å²) in [6.07, 6.45) is 6.97. The van der Waals surface area contributed by atoms with Crippen molar-refractivity contribution in [3.05, 3.63) is 48.5 Å². The van der Waals surface area contributed by atoms with E-state index in [9.17, 15) is 0 Å². The first-order valence-corrected chi connectivity index (χ1v) is 10.3. The fourth-order valence-electron chi connectivity index (χ4n) is 4.06. The van der Waals surface area contributed by atoms with Crippen molar-refractivity contribution in [3.8, 4) is 5.75 Å². The van der Waals surface area contributed by atoms with E-state index in [2.05, 4.69) is 69.0 Å². The second-order valence-corrected chi connectivity index (χ2v) is 7.97. The first kappa shape index (κ1) is 24.5. The molecule has 1 aromatic heterocycles. The highest BCUT2D eigenvalue weighted by Gasteiger charge is 2.29. The van der Waals surface area contributed by atoms with Crippen LogP contribution in [-0.2, 0) is 0 Å². The SMILES string of the molecule is CN=C(NCC(c1cccc(OC)c1)N(C)C)N1CCC(C)C(n2ccnc2)C1.I. The number of halogens is 1. The van der Waals surface area contributed by atoms with Crippen LogP contribution in [0.3, 0.4) is 0 Å². The molecule has 8 heteroatoms. The zero-order chi connectivity index (χ0) is 20.8. The standard InChI is InChI=1S/C22H34N6O.HI/c1-17-9-11-27(15-21(17)28-12-10-24-16-28)22(23-2)25-14-20(26(3)4)18-7-6-8-19(13-18)29-5;/h6-8,10,12-13,16-17,20-21H,9,11,14-15H2,1-5H3,(H,23,25);1H. The fourth-order valence-corrected chi connectivity index (χ4v) is 4.06. The number of likely N-dealkylation sites (tertiary alicyclic amines) is 1. The molecule has 1 fully saturated rings. The van der Waals surface area contributed by atoms with Crippen molar-refractivity contribution in [2.45, 2.75) is 25.4 Å². The number of rotatable bonds is 6. The van der Waals surface area contributed by atoms with E-state index in [0.717, 1.165) is 37.8 Å². The summed E-state index contributed by atoms with van der Waals surface area (Å²) in [6, 6.07) is 8.90. The number of likely N-dealkylation sites (N-methyl/N-ethyl adjacent to an activating group) is 1. The number of nitrogens with one attached hydrogen (secondary N) is 1. The molecule has 0 amide bonds. The molecule has 3 atom stereocenters. The second-order valence-electron chi connectivity index (χ2n) is 7.97. The minimum absolute atomic E-state index is 0. The number of benzene rings is 1. The van der Waals surface area contributed by atoms with E-state index in [4.69, 9.17) is 4.74 Å². The summed E-state index contributed by atoms with van der Waals surface area (Å²) in [5.41, 5.74) is 1.22. The Balaban J connectivity index is 0.00000320. The zero-order valence-electron chi connectivity index (χ0n) is 18.7. The Kier molecular flexibility index (Phi) is 9.41. The molecule has 2 aromatic rings. The molecule has 0 bridgehead atoms. The lowest BCUT2D eigenvalue weighted by Gasteiger charge is -2.39. The summed E-state index contributed by atoms with van der Waals surface area (Å²) in [7, 11) is 7.78. The van der Waals surface area contributed by atoms with Gasteiger partial charge in [-0.2, -0.15) is 0 Å². The van der Waals surface area contributed by atoms with Crippen LogP contribution in [0.1, 0.15) is 31.0 Å². The average molecular weight is 526 g/mol. The molecular weight excluding hydrogens is 491 g/mol. The number of aromatic nitrogens is 2. The smallest absolute Gasteiger partial charge is 0.193 e. The Morgan fingerprint density at radius 3 is 2.83 bits per heavy atom. The normalized spacial score (nSPS) is 20.6. The third-order valence-electron chi connectivity index (χ3n) is 5.89. The van der Waals surface area contributed by atoms with Gasteiger partial charge in [0.15, 0.2) is 5.96 Å². The molecule has 0 aliphatic carbocycles. The Morgan fingerprint density at radius 1 is 1.40 bits per heavy atom. The molecule has 1 saturated heterocycles. The van der Waals surface area contributed by atoms with Gasteiger partial charge in [-0.25, -0.2) is 4.98 Å². The molecule has 30 heavy (non-hydrogen) atoms. The predicted molar refractivity (Wildman–Crippen MR) is 133 cm³/mol. The van der Waals surface area contributed by atoms with E-state index in [1.807, 2.05) is 31.7 Å². The number of methoxy groups -OCH3 is 1. The van der Waals surface area contributed by atoms with Crippen molar-refractivity contribution in [2.75, 3.05) is 47.9 Å². The molecule has 1 aliphatic rings. The van der Waals surface area contributed by atoms with Crippen molar-refractivity contribution >= 4 is 29.9 Å². The molecule has 7 nitrogen and oxygen atoms in total. The highest BCUT2D eigenvalue weighted by molar-refractivity contribution is 14.0. The van der Waals surface area contributed by atoms with Gasteiger partial charge in [0.2, 0.25) is 0 Å². The number of ether oxygens (including phenoxy) is 1. The molecule has 0 saturated carbocycles. The second kappa shape index (κ2) is 11.5. The minimum Gasteiger partial charge on any atom is -0.497 e. The van der Waals surface area contributed by atoms with Crippen LogP contribution in [0.4, 0.5) is 0 Å². The Bertz CT molecular complexity index is 795. The maximum absolute atomic E-state index is 5.41. The van der Waals surface area contributed by atoms with Gasteiger partial charge in [0, 0.05) is 39.1 Å². The lowest BCUT2D eigenvalue weighted by atomic mass is 9.93. The average Bonchev–Trinajstić information content (AvgIpc) is 3.26. The summed E-state index contributed by atoms with van der Waals surface area (Å²) >= 11 is 0. The van der Waals surface area contributed by atoms with Gasteiger partial charge < -0.3 is 24.4 Å². The largest absolute Gasteiger partial charge is 0.497 e. The van der Waals surface area contributed by atoms with Gasteiger partial charge >= 0.3 is 0 Å². The Hall–Kier alpha value is -1.81. The van der Waals surface area contributed by atoms with Gasteiger partial charge in [-0.15, -0.1) is 24.0 Å². The van der Waals surface area contributed by atoms with Crippen LogP contribution in [0.15, 0.2) is 48.0 Å². The zero-order valence-corrected chi connectivity index (χ0v) is 21.0. The number of piperidine rings is 1. The lowest BCUT2D eigenvalue weighted by molar-refractivity contribution is 0.187. The summed E-state index contributed by atoms with van der Waals surface area (Å²) in [6.45, 7) is 5.04. The van der Waals surface area contributed by atoms with Gasteiger partial charge in [-0.05, 0) is 44.1 Å². The highest BCUT2D eigenvalue weighted by Crippen LogP contribution is 2.27. The number of hydrogen-bond acceptors (Lipinski definition) is 4. The van der Waals surface area contributed by atoms with Gasteiger partial charge in [0.25, 0.3) is 0 Å². The topological polar surface area (TPSA) is 57.9 Å². The molecule has 0 spiro atoms. The van der Waals surface area contributed by atoms with Crippen LogP contribution in [0, 0.1) is 5.92 Å². The monoisotopic (exact) mass is 526 g/mol. The molecular formula is C22H35IN6O. The quantitative estimate of drug-likeness (QED) is 0.356. The van der Waals surface area contributed by atoms with Crippen molar-refractivity contribution in [1.29, 1.82) is 0 Å². The number of nitrogens with zero attached hydrogens (tertiary/aromatic N) is 5. The van der Waals surface area contributed by atoms with Crippen molar-refractivity contribution in [1.82, 2.24) is 24.7 Å². The maximum Gasteiger partial charge on any atom is 0.193 e. The van der Waals surface area contributed by atoms with E-state index in [-0.39, 0.29) is 30.0 Å². The van der Waals surface area contributed by atoms with Gasteiger partial charge in [0.1, 0.15) is 5.75 Å². The number of aliphatic imine (C=N–C) groups is 1. The third-order valence-corrected chi connectivity index (χ3v) is 5.89. The van der Waals surface area contributed by atoms with E-state index in [0.29, 0.717) is 12.0 Å². The van der Waals surface area contributed by atoms with Crippen LogP contribution in [-0.4, -0.2) is 73.2 Å². The fraction of sp³-hybridized carbons (Fsp3) is 0.545. The van der Waals surface area contributed by atoms with Gasteiger partial charge in [0.05, 0.1) is 25.5 Å². The van der Waals surface area contributed by atoms with Crippen LogP contribution in [0.5, 0.6) is 5.75 Å². The van der Waals surface area contributed by atoms with E-state index in [1.54, 1.807) is 7.11 Å². The summed E-state index contributed by atoms with van der Waals surface area (Å²) in [5, 5.41) is 3.61. The maximum atomic E-state index is 5.41. The first-order valence-electron chi connectivity index (χ1n) is 10.3. The Labute approximate surface area is 197 Å². The lowest BCUT2D eigenvalue weighted by Crippen LogP contribution is -2.50. The van der Waals surface area contributed by atoms with Crippen LogP contribution >= 0.6 is 24.0 Å². The highest BCUT2D eigenvalue weighted by atomic mass is 127. The molecule has 1 aromatic carbocycles. The summed E-state index contributed by atoms with van der Waals surface area (Å²) in [5.74, 6) is 2.45. The van der Waals surface area contributed by atoms with E-state index < -0.39 is 0 Å². The molecule has 2 heterocycles. The minimum atomic E-state index is 0. The Morgan fingerprint density at radius 2 is 2.20 bits per heavy atom. The molecule has 1 aliphatic heterocycles. The third kappa shape index (κ3) is 5.87. The van der Waals surface area contributed by atoms with E-state index >= 15 is 0 Å². The molecule has 3 rings (SSSR count). The van der Waals surface area contributed by atoms with Gasteiger partial charge in [-0.3, -0.25) is 4.99 Å². The molecule has 166 valence electrons. The van der Waals surface area contributed by atoms with Crippen LogP contribution in [0.2, 0.25) is 0 Å². The van der Waals surface area contributed by atoms with Crippen molar-refractivity contribution in [2.24, 2.45) is 10.9 Å². The molecule has 3 unspecified atom stereocenters. The van der Waals surface area contributed by atoms with E-state index in [1.165, 1.54) is 5.56 Å². The summed E-state index contributed by atoms with van der Waals surface area (Å²) < 4.78 is 7.63. The number of hydrogen-bond donors (Lipinski definition) is 1. The summed E-state index contributed by atoms with van der Waals surface area (Å²) in [4.78, 5) is 13.4. The van der Waals surface area contributed by atoms with Gasteiger partial charge in [-0.1, -0.05) is 19.1 Å². The van der Waals surface area contributed by atoms with Crippen molar-refractivity contribution in [3.63, 3.8) is 0 Å². The molecule has 0 radical (unpaired) electrons. The van der Waals surface area contributed by atoms with Crippen LogP contribution in [0.25, 0.3) is 0 Å². The number of guanidine groups is 1. The first-order chi connectivity index (χ1) is 14.0. The van der Waals surface area contributed by atoms with Crippen molar-refractivity contribution < 1.29 is 4.74 Å². The number of imidazole rings is 1. The predicted octanol–water partition coefficient (Wildman–Crippen LogP) is 3.27. The van der Waals surface area contributed by atoms with Crippen LogP contribution < -0.4 is 10.1 Å². The molecule has 1 N–H and O–H groups in total.